The molecule has 0 aliphatic carbocycles. The first-order valence-corrected chi connectivity index (χ1v) is 6.00. The topological polar surface area (TPSA) is 75.1 Å². The third-order valence-electron chi connectivity index (χ3n) is 2.71. The zero-order valence-electron chi connectivity index (χ0n) is 11.1. The van der Waals surface area contributed by atoms with Gasteiger partial charge >= 0.3 is 12.3 Å². The predicted octanol–water partition coefficient (Wildman–Crippen LogP) is 4.19. The highest BCUT2D eigenvalue weighted by molar-refractivity contribution is 5.84. The van der Waals surface area contributed by atoms with E-state index in [2.05, 4.69) is 9.97 Å². The number of aromatic nitrogens is 2. The molecule has 5 nitrogen and oxygen atoms in total. The molecular formula is C13H8F5N3O2. The lowest BCUT2D eigenvalue weighted by Crippen LogP contribution is -2.16. The lowest BCUT2D eigenvalue weighted by Gasteiger charge is -2.13. The van der Waals surface area contributed by atoms with E-state index in [0.717, 1.165) is 30.6 Å². The van der Waals surface area contributed by atoms with Crippen molar-refractivity contribution in [2.75, 3.05) is 5.32 Å². The third kappa shape index (κ3) is 3.90. The molecule has 2 heterocycles. The summed E-state index contributed by atoms with van der Waals surface area (Å²) in [7, 11) is 0. The van der Waals surface area contributed by atoms with Crippen LogP contribution in [-0.4, -0.2) is 21.2 Å². The van der Waals surface area contributed by atoms with Crippen LogP contribution in [0.4, 0.5) is 32.4 Å². The van der Waals surface area contributed by atoms with Crippen molar-refractivity contribution < 1.29 is 31.9 Å². The number of alkyl halides is 5. The summed E-state index contributed by atoms with van der Waals surface area (Å²) in [5, 5.41) is 10.1. The highest BCUT2D eigenvalue weighted by Gasteiger charge is 2.36. The molecule has 0 radical (unpaired) electrons. The summed E-state index contributed by atoms with van der Waals surface area (Å²) < 4.78 is 64.2. The van der Waals surface area contributed by atoms with E-state index in [0.29, 0.717) is 0 Å². The smallest absolute Gasteiger partial charge is 0.435 e. The fourth-order valence-electron chi connectivity index (χ4n) is 1.77. The minimum atomic E-state index is -4.93. The van der Waals surface area contributed by atoms with Gasteiger partial charge in [0.15, 0.2) is 5.69 Å². The number of nitrogens with zero attached hydrogens (tertiary/aromatic N) is 2. The second-order valence-corrected chi connectivity index (χ2v) is 4.33. The molecule has 10 heteroatoms. The van der Waals surface area contributed by atoms with Gasteiger partial charge in [-0.3, -0.25) is 10.3 Å². The maximum atomic E-state index is 13.0. The second kappa shape index (κ2) is 6.15. The van der Waals surface area contributed by atoms with Crippen LogP contribution in [0, 0.1) is 0 Å². The Balaban J connectivity index is 2.53. The molecule has 1 amide bonds. The van der Waals surface area contributed by atoms with Gasteiger partial charge in [0.2, 0.25) is 0 Å². The summed E-state index contributed by atoms with van der Waals surface area (Å²) in [6.07, 6.45) is -7.48. The van der Waals surface area contributed by atoms with Crippen molar-refractivity contribution in [2.45, 2.75) is 12.6 Å². The van der Waals surface area contributed by atoms with Crippen molar-refractivity contribution in [1.82, 2.24) is 9.97 Å². The number of anilines is 1. The van der Waals surface area contributed by atoms with Crippen LogP contribution in [0.25, 0.3) is 11.3 Å². The number of carbonyl (C=O) groups is 1. The average molecular weight is 333 g/mol. The van der Waals surface area contributed by atoms with Crippen molar-refractivity contribution in [3.63, 3.8) is 0 Å². The number of rotatable bonds is 3. The van der Waals surface area contributed by atoms with E-state index < -0.39 is 35.6 Å². The Hall–Kier alpha value is -2.78. The first kappa shape index (κ1) is 16.6. The summed E-state index contributed by atoms with van der Waals surface area (Å²) in [5.41, 5.74) is -3.00. The Morgan fingerprint density at radius 3 is 2.48 bits per heavy atom. The van der Waals surface area contributed by atoms with Crippen LogP contribution in [0.15, 0.2) is 30.6 Å². The number of nitrogens with one attached hydrogen (secondary N) is 1. The van der Waals surface area contributed by atoms with E-state index in [1.165, 1.54) is 0 Å². The second-order valence-electron chi connectivity index (χ2n) is 4.33. The van der Waals surface area contributed by atoms with Gasteiger partial charge in [0.05, 0.1) is 11.4 Å². The van der Waals surface area contributed by atoms with E-state index in [1.807, 2.05) is 0 Å². The molecule has 0 unspecified atom stereocenters. The van der Waals surface area contributed by atoms with Crippen LogP contribution in [0.3, 0.4) is 0 Å². The number of carboxylic acid groups (broad SMARTS) is 1. The van der Waals surface area contributed by atoms with Gasteiger partial charge in [0, 0.05) is 23.5 Å². The Bertz CT molecular complexity index is 734. The van der Waals surface area contributed by atoms with Gasteiger partial charge < -0.3 is 5.11 Å². The molecule has 0 saturated carbocycles. The number of amides is 1. The number of pyridine rings is 2. The Morgan fingerprint density at radius 1 is 1.22 bits per heavy atom. The molecule has 2 aromatic heterocycles. The van der Waals surface area contributed by atoms with Crippen LogP contribution < -0.4 is 5.32 Å². The van der Waals surface area contributed by atoms with Gasteiger partial charge in [-0.05, 0) is 18.2 Å². The summed E-state index contributed by atoms with van der Waals surface area (Å²) in [4.78, 5) is 17.4. The fraction of sp³-hybridized carbons (Fsp3) is 0.154. The van der Waals surface area contributed by atoms with E-state index in [1.54, 1.807) is 5.32 Å². The SMILES string of the molecule is O=C(O)Nc1ccc(-c2cncc(C(F)F)c2)nc1C(F)(F)F. The lowest BCUT2D eigenvalue weighted by molar-refractivity contribution is -0.140. The molecule has 0 aromatic carbocycles. The molecule has 0 saturated heterocycles. The number of hydrogen-bond donors (Lipinski definition) is 2. The minimum Gasteiger partial charge on any atom is -0.465 e. The predicted molar refractivity (Wildman–Crippen MR) is 69.1 cm³/mol. The third-order valence-corrected chi connectivity index (χ3v) is 2.71. The largest absolute Gasteiger partial charge is 0.465 e. The van der Waals surface area contributed by atoms with Crippen LogP contribution in [0.1, 0.15) is 17.7 Å². The Kier molecular flexibility index (Phi) is 4.43. The molecule has 2 aromatic rings. The van der Waals surface area contributed by atoms with E-state index in [-0.39, 0.29) is 11.3 Å². The van der Waals surface area contributed by atoms with Gasteiger partial charge in [-0.1, -0.05) is 0 Å². The van der Waals surface area contributed by atoms with Crippen molar-refractivity contribution in [3.05, 3.63) is 41.9 Å². The molecule has 0 fully saturated rings. The van der Waals surface area contributed by atoms with E-state index in [4.69, 9.17) is 5.11 Å². The lowest BCUT2D eigenvalue weighted by atomic mass is 10.1. The Labute approximate surface area is 125 Å². The summed E-state index contributed by atoms with van der Waals surface area (Å²) in [6, 6.07) is 2.89. The summed E-state index contributed by atoms with van der Waals surface area (Å²) >= 11 is 0. The first-order chi connectivity index (χ1) is 10.7. The van der Waals surface area contributed by atoms with Crippen LogP contribution in [-0.2, 0) is 6.18 Å². The zero-order valence-corrected chi connectivity index (χ0v) is 11.1. The maximum absolute atomic E-state index is 13.0. The molecule has 0 aliphatic rings. The molecule has 122 valence electrons. The zero-order chi connectivity index (χ0) is 17.2. The molecule has 23 heavy (non-hydrogen) atoms. The average Bonchev–Trinajstić information content (AvgIpc) is 2.46. The molecule has 0 aliphatic heterocycles. The van der Waals surface area contributed by atoms with Crippen molar-refractivity contribution in [2.24, 2.45) is 0 Å². The van der Waals surface area contributed by atoms with Crippen LogP contribution in [0.5, 0.6) is 0 Å². The van der Waals surface area contributed by atoms with Crippen LogP contribution >= 0.6 is 0 Å². The summed E-state index contributed by atoms with van der Waals surface area (Å²) in [6.45, 7) is 0. The fourth-order valence-corrected chi connectivity index (χ4v) is 1.77. The summed E-state index contributed by atoms with van der Waals surface area (Å²) in [5.74, 6) is 0. The molecule has 2 N–H and O–H groups in total. The first-order valence-electron chi connectivity index (χ1n) is 6.00. The Morgan fingerprint density at radius 2 is 1.91 bits per heavy atom. The van der Waals surface area contributed by atoms with Crippen molar-refractivity contribution >= 4 is 11.8 Å². The highest BCUT2D eigenvalue weighted by atomic mass is 19.4. The minimum absolute atomic E-state index is 0.0461. The number of hydrogen-bond acceptors (Lipinski definition) is 3. The molecule has 0 bridgehead atoms. The quantitative estimate of drug-likeness (QED) is 0.826. The van der Waals surface area contributed by atoms with Gasteiger partial charge in [-0.25, -0.2) is 18.6 Å². The molecule has 2 rings (SSSR count). The van der Waals surface area contributed by atoms with Gasteiger partial charge in [-0.2, -0.15) is 13.2 Å². The highest BCUT2D eigenvalue weighted by Crippen LogP contribution is 2.35. The van der Waals surface area contributed by atoms with E-state index in [9.17, 15) is 26.7 Å². The molecular weight excluding hydrogens is 325 g/mol. The molecule has 0 atom stereocenters. The van der Waals surface area contributed by atoms with E-state index >= 15 is 0 Å². The van der Waals surface area contributed by atoms with Crippen molar-refractivity contribution in [1.29, 1.82) is 0 Å². The van der Waals surface area contributed by atoms with Crippen molar-refractivity contribution in [3.8, 4) is 11.3 Å². The molecule has 0 spiro atoms. The van der Waals surface area contributed by atoms with Gasteiger partial charge in [0.1, 0.15) is 0 Å². The van der Waals surface area contributed by atoms with Gasteiger partial charge in [0.25, 0.3) is 6.43 Å². The number of halogens is 5. The van der Waals surface area contributed by atoms with Crippen LogP contribution in [0.2, 0.25) is 0 Å². The standard InChI is InChI=1S/C13H8F5N3O2/c14-11(15)7-3-6(4-19-5-7)8-1-2-9(21-12(22)23)10(20-8)13(16,17)18/h1-5,11,21H,(H,22,23). The normalized spacial score (nSPS) is 11.6. The maximum Gasteiger partial charge on any atom is 0.435 e. The van der Waals surface area contributed by atoms with Gasteiger partial charge in [-0.15, -0.1) is 0 Å². The monoisotopic (exact) mass is 333 g/mol.